The van der Waals surface area contributed by atoms with Crippen LogP contribution in [0.1, 0.15) is 79.8 Å². The maximum Gasteiger partial charge on any atom is 0.254 e. The van der Waals surface area contributed by atoms with Gasteiger partial charge in [-0.3, -0.25) is 9.79 Å². The molecule has 1 aromatic rings. The molecule has 0 radical (unpaired) electrons. The van der Waals surface area contributed by atoms with Gasteiger partial charge in [-0.15, -0.1) is 0 Å². The minimum atomic E-state index is -0.512. The Hall–Kier alpha value is -3.59. The fraction of sp³-hybridized carbons (Fsp3) is 0.452. The predicted octanol–water partition coefficient (Wildman–Crippen LogP) is 7.26. The molecule has 0 aromatic carbocycles. The van der Waals surface area contributed by atoms with Crippen LogP contribution in [0.3, 0.4) is 0 Å². The lowest BCUT2D eigenvalue weighted by atomic mass is 9.75. The van der Waals surface area contributed by atoms with E-state index in [2.05, 4.69) is 41.5 Å². The van der Waals surface area contributed by atoms with E-state index in [-0.39, 0.29) is 5.91 Å². The Labute approximate surface area is 223 Å². The monoisotopic (exact) mass is 501 g/mol. The fourth-order valence-corrected chi connectivity index (χ4v) is 3.88. The van der Waals surface area contributed by atoms with Gasteiger partial charge in [-0.2, -0.15) is 5.26 Å². The summed E-state index contributed by atoms with van der Waals surface area (Å²) in [5.41, 5.74) is 4.60. The van der Waals surface area contributed by atoms with Gasteiger partial charge in [0.15, 0.2) is 0 Å². The Morgan fingerprint density at radius 1 is 1.27 bits per heavy atom. The molecule has 37 heavy (non-hydrogen) atoms. The summed E-state index contributed by atoms with van der Waals surface area (Å²) in [6.07, 6.45) is 15.6. The number of amides is 1. The summed E-state index contributed by atoms with van der Waals surface area (Å²) in [6, 6.07) is 4.36. The maximum atomic E-state index is 13.6. The molecule has 0 spiro atoms. The number of hydrogen-bond acceptors (Lipinski definition) is 5. The minimum absolute atomic E-state index is 0.0402. The third kappa shape index (κ3) is 9.76. The van der Waals surface area contributed by atoms with E-state index >= 15 is 0 Å². The number of carbonyl (C=O) groups excluding carboxylic acids is 1. The van der Waals surface area contributed by atoms with Crippen LogP contribution in [0, 0.1) is 16.7 Å². The zero-order valence-corrected chi connectivity index (χ0v) is 23.7. The average Bonchev–Trinajstić information content (AvgIpc) is 2.94. The minimum Gasteiger partial charge on any atom is -0.339 e. The van der Waals surface area contributed by atoms with Crippen molar-refractivity contribution in [1.82, 2.24) is 14.9 Å². The summed E-state index contributed by atoms with van der Waals surface area (Å²) in [5.74, 6) is -0.0402. The normalized spacial score (nSPS) is 16.6. The Kier molecular flexibility index (Phi) is 13.8. The number of nitrogens with zero attached hydrogens (tertiary/aromatic N) is 5. The zero-order valence-electron chi connectivity index (χ0n) is 23.7. The highest BCUT2D eigenvalue weighted by atomic mass is 16.2. The first-order valence-corrected chi connectivity index (χ1v) is 13.1. The van der Waals surface area contributed by atoms with Crippen LogP contribution < -0.4 is 0 Å². The van der Waals surface area contributed by atoms with Gasteiger partial charge in [0.2, 0.25) is 0 Å². The number of carbonyl (C=O) groups is 1. The van der Waals surface area contributed by atoms with Crippen LogP contribution >= 0.6 is 0 Å². The molecule has 2 heterocycles. The lowest BCUT2D eigenvalue weighted by Gasteiger charge is -2.38. The number of aromatic nitrogens is 2. The molecule has 0 unspecified atom stereocenters. The smallest absolute Gasteiger partial charge is 0.254 e. The second-order valence-electron chi connectivity index (χ2n) is 9.08. The number of nitriles is 1. The molecule has 0 aliphatic carbocycles. The van der Waals surface area contributed by atoms with E-state index in [1.807, 2.05) is 69.9 Å². The van der Waals surface area contributed by atoms with Crippen molar-refractivity contribution in [2.45, 2.75) is 74.1 Å². The van der Waals surface area contributed by atoms with Crippen molar-refractivity contribution in [2.75, 3.05) is 13.1 Å². The van der Waals surface area contributed by atoms with Gasteiger partial charge < -0.3 is 4.90 Å². The third-order valence-corrected chi connectivity index (χ3v) is 6.41. The highest BCUT2D eigenvalue weighted by Gasteiger charge is 2.37. The Morgan fingerprint density at radius 3 is 2.46 bits per heavy atom. The molecule has 6 nitrogen and oxygen atoms in total. The van der Waals surface area contributed by atoms with E-state index < -0.39 is 5.41 Å². The van der Waals surface area contributed by atoms with Crippen molar-refractivity contribution in [1.29, 1.82) is 5.26 Å². The summed E-state index contributed by atoms with van der Waals surface area (Å²) in [4.78, 5) is 28.1. The molecule has 0 N–H and O–H groups in total. The maximum absolute atomic E-state index is 13.6. The van der Waals surface area contributed by atoms with Gasteiger partial charge in [0.25, 0.3) is 5.91 Å². The van der Waals surface area contributed by atoms with E-state index in [1.165, 1.54) is 11.9 Å². The molecule has 1 amide bonds. The molecule has 1 aromatic heterocycles. The van der Waals surface area contributed by atoms with Crippen LogP contribution in [0.4, 0.5) is 0 Å². The summed E-state index contributed by atoms with van der Waals surface area (Å²) in [7, 11) is 0. The lowest BCUT2D eigenvalue weighted by molar-refractivity contribution is -0.128. The Bertz CT molecular complexity index is 1090. The molecule has 198 valence electrons. The predicted molar refractivity (Wildman–Crippen MR) is 155 cm³/mol. The Balaban J connectivity index is 0.00000334. The van der Waals surface area contributed by atoms with Crippen LogP contribution in [0.15, 0.2) is 76.9 Å². The highest BCUT2D eigenvalue weighted by molar-refractivity contribution is 6.03. The fourth-order valence-electron chi connectivity index (χ4n) is 3.88. The third-order valence-electron chi connectivity index (χ3n) is 6.41. The largest absolute Gasteiger partial charge is 0.339 e. The molecule has 6 heteroatoms. The van der Waals surface area contributed by atoms with E-state index in [0.717, 1.165) is 29.0 Å². The van der Waals surface area contributed by atoms with Gasteiger partial charge in [-0.1, -0.05) is 51.2 Å². The molecule has 0 atom stereocenters. The summed E-state index contributed by atoms with van der Waals surface area (Å²) in [6.45, 7) is 18.7. The molecular formula is C31H43N5O. The first-order valence-electron chi connectivity index (χ1n) is 13.1. The first-order chi connectivity index (χ1) is 17.7. The molecular weight excluding hydrogens is 458 g/mol. The molecule has 1 saturated heterocycles. The second-order valence-corrected chi connectivity index (χ2v) is 9.08. The number of allylic oxidation sites excluding steroid dienone is 7. The SMILES string of the molecule is C=C(C)N=C/C(=C\C)CC1(C#N)CCN(C(=O)C(/C=C\C=C(/C)CC)=C(/C)c2ccncn2)CC1.CC. The van der Waals surface area contributed by atoms with Crippen molar-refractivity contribution in [2.24, 2.45) is 10.4 Å². The standard InChI is InChI=1S/C29H37N5O.C2H6/c1-7-23(5)10-9-11-26(24(6)27-12-15-31-21-33-27)28(35)34-16-13-29(20-30,14-17-34)18-25(8-2)19-32-22(3)4;1-2/h8-12,15,19,21H,3,7,13-14,16-18H2,1-2,4-6H3;1-2H3/b11-9-,23-10+,25-8-,26-24-,32-19?;. The van der Waals surface area contributed by atoms with Crippen molar-refractivity contribution in [3.8, 4) is 6.07 Å². The van der Waals surface area contributed by atoms with Crippen LogP contribution in [0.25, 0.3) is 5.57 Å². The van der Waals surface area contributed by atoms with Gasteiger partial charge in [0, 0.05) is 36.8 Å². The number of rotatable bonds is 9. The topological polar surface area (TPSA) is 82.2 Å². The van der Waals surface area contributed by atoms with Crippen molar-refractivity contribution in [3.63, 3.8) is 0 Å². The number of likely N-dealkylation sites (tertiary alicyclic amines) is 1. The molecule has 0 bridgehead atoms. The molecule has 1 fully saturated rings. The molecule has 2 rings (SSSR count). The number of hydrogen-bond donors (Lipinski definition) is 0. The van der Waals surface area contributed by atoms with E-state index in [9.17, 15) is 10.1 Å². The van der Waals surface area contributed by atoms with Gasteiger partial charge in [0.1, 0.15) is 6.33 Å². The zero-order chi connectivity index (χ0) is 27.8. The van der Waals surface area contributed by atoms with Crippen LogP contribution in [0.2, 0.25) is 0 Å². The van der Waals surface area contributed by atoms with Crippen molar-refractivity contribution < 1.29 is 4.79 Å². The van der Waals surface area contributed by atoms with Gasteiger partial charge in [-0.05, 0) is 76.7 Å². The quantitative estimate of drug-likeness (QED) is 0.202. The molecule has 0 saturated carbocycles. The van der Waals surface area contributed by atoms with Gasteiger partial charge >= 0.3 is 0 Å². The highest BCUT2D eigenvalue weighted by Crippen LogP contribution is 2.37. The van der Waals surface area contributed by atoms with Gasteiger partial charge in [0.05, 0.1) is 17.2 Å². The van der Waals surface area contributed by atoms with Crippen molar-refractivity contribution >= 4 is 17.7 Å². The number of aliphatic imine (C=N–C) groups is 1. The second kappa shape index (κ2) is 16.2. The summed E-state index contributed by atoms with van der Waals surface area (Å²) < 4.78 is 0. The van der Waals surface area contributed by atoms with E-state index in [0.29, 0.717) is 37.9 Å². The van der Waals surface area contributed by atoms with Crippen molar-refractivity contribution in [3.05, 3.63) is 77.6 Å². The van der Waals surface area contributed by atoms with Gasteiger partial charge in [-0.25, -0.2) is 9.97 Å². The molecule has 1 aliphatic heterocycles. The van der Waals surface area contributed by atoms with Crippen LogP contribution in [-0.4, -0.2) is 40.1 Å². The van der Waals surface area contributed by atoms with E-state index in [1.54, 1.807) is 12.4 Å². The average molecular weight is 502 g/mol. The summed E-state index contributed by atoms with van der Waals surface area (Å²) >= 11 is 0. The van der Waals surface area contributed by atoms with Crippen LogP contribution in [0.5, 0.6) is 0 Å². The summed E-state index contributed by atoms with van der Waals surface area (Å²) in [5, 5.41) is 10.0. The molecule has 1 aliphatic rings. The number of piperidine rings is 1. The first kappa shape index (κ1) is 31.4. The Morgan fingerprint density at radius 2 is 1.95 bits per heavy atom. The lowest BCUT2D eigenvalue weighted by Crippen LogP contribution is -2.43. The van der Waals surface area contributed by atoms with Crippen LogP contribution in [-0.2, 0) is 4.79 Å². The van der Waals surface area contributed by atoms with E-state index in [4.69, 9.17) is 0 Å².